The monoisotopic (exact) mass is 244 g/mol. The number of carbonyl (C=O) groups is 1. The molecule has 0 aromatic carbocycles. The zero-order valence-corrected chi connectivity index (χ0v) is 9.33. The highest BCUT2D eigenvalue weighted by Gasteiger charge is 2.07. The fourth-order valence-corrected chi connectivity index (χ4v) is 2.08. The molecule has 0 aliphatic heterocycles. The van der Waals surface area contributed by atoms with Crippen LogP contribution in [0.25, 0.3) is 0 Å². The number of hydrogen-bond donors (Lipinski definition) is 0. The normalized spacial score (nSPS) is 9.58. The van der Waals surface area contributed by atoms with E-state index in [1.165, 1.54) is 11.3 Å². The van der Waals surface area contributed by atoms with Crippen molar-refractivity contribution in [3.8, 4) is 0 Å². The van der Waals surface area contributed by atoms with Gasteiger partial charge in [-0.15, -0.1) is 11.3 Å². The van der Waals surface area contributed by atoms with Gasteiger partial charge in [0.05, 0.1) is 3.79 Å². The van der Waals surface area contributed by atoms with Crippen LogP contribution in [0.15, 0.2) is 26.9 Å². The summed E-state index contributed by atoms with van der Waals surface area (Å²) in [6.45, 7) is 3.83. The minimum absolute atomic E-state index is 0.0723. The van der Waals surface area contributed by atoms with Crippen LogP contribution in [0.5, 0.6) is 0 Å². The molecule has 0 saturated heterocycles. The smallest absolute Gasteiger partial charge is 0.187 e. The Kier molecular flexibility index (Phi) is 3.23. The van der Waals surface area contributed by atoms with E-state index in [2.05, 4.69) is 15.9 Å². The van der Waals surface area contributed by atoms with Gasteiger partial charge in [-0.25, -0.2) is 0 Å². The van der Waals surface area contributed by atoms with Crippen LogP contribution in [0.1, 0.15) is 24.2 Å². The SMILES string of the molecule is CC(C)=CC(=O)c1ccsc1Br. The van der Waals surface area contributed by atoms with Crippen LogP contribution in [-0.2, 0) is 0 Å². The van der Waals surface area contributed by atoms with Gasteiger partial charge in [0, 0.05) is 5.56 Å². The molecule has 0 saturated carbocycles. The molecule has 0 amide bonds. The topological polar surface area (TPSA) is 17.1 Å². The second-order valence-corrected chi connectivity index (χ2v) is 4.93. The molecule has 12 heavy (non-hydrogen) atoms. The molecule has 3 heteroatoms. The first-order valence-electron chi connectivity index (χ1n) is 3.53. The molecule has 0 aliphatic carbocycles. The fraction of sp³-hybridized carbons (Fsp3) is 0.222. The van der Waals surface area contributed by atoms with E-state index in [0.717, 1.165) is 14.9 Å². The molecule has 0 spiro atoms. The van der Waals surface area contributed by atoms with Gasteiger partial charge < -0.3 is 0 Å². The van der Waals surface area contributed by atoms with Crippen LogP contribution in [0, 0.1) is 0 Å². The van der Waals surface area contributed by atoms with Gasteiger partial charge in [-0.05, 0) is 47.3 Å². The van der Waals surface area contributed by atoms with Gasteiger partial charge in [0.2, 0.25) is 0 Å². The number of rotatable bonds is 2. The first-order valence-corrected chi connectivity index (χ1v) is 5.20. The Labute approximate surface area is 84.2 Å². The van der Waals surface area contributed by atoms with Crippen molar-refractivity contribution in [3.05, 3.63) is 32.4 Å². The Morgan fingerprint density at radius 2 is 2.25 bits per heavy atom. The van der Waals surface area contributed by atoms with Crippen molar-refractivity contribution >= 4 is 33.0 Å². The highest BCUT2D eigenvalue weighted by molar-refractivity contribution is 9.11. The van der Waals surface area contributed by atoms with Crippen LogP contribution in [0.3, 0.4) is 0 Å². The van der Waals surface area contributed by atoms with Crippen molar-refractivity contribution in [1.29, 1.82) is 0 Å². The van der Waals surface area contributed by atoms with E-state index in [4.69, 9.17) is 0 Å². The number of hydrogen-bond acceptors (Lipinski definition) is 2. The van der Waals surface area contributed by atoms with Gasteiger partial charge in [-0.2, -0.15) is 0 Å². The number of ketones is 1. The molecule has 0 fully saturated rings. The molecular formula is C9H9BrOS. The van der Waals surface area contributed by atoms with Gasteiger partial charge in [-0.1, -0.05) is 5.57 Å². The molecule has 1 aromatic rings. The van der Waals surface area contributed by atoms with E-state index in [-0.39, 0.29) is 5.78 Å². The summed E-state index contributed by atoms with van der Waals surface area (Å²) in [7, 11) is 0. The van der Waals surface area contributed by atoms with Crippen molar-refractivity contribution in [1.82, 2.24) is 0 Å². The molecule has 0 N–H and O–H groups in total. The van der Waals surface area contributed by atoms with E-state index >= 15 is 0 Å². The first-order chi connectivity index (χ1) is 5.61. The van der Waals surface area contributed by atoms with Gasteiger partial charge >= 0.3 is 0 Å². The average molecular weight is 245 g/mol. The second kappa shape index (κ2) is 4.01. The third kappa shape index (κ3) is 2.29. The van der Waals surface area contributed by atoms with Crippen LogP contribution in [0.2, 0.25) is 0 Å². The molecular weight excluding hydrogens is 236 g/mol. The van der Waals surface area contributed by atoms with Crippen LogP contribution in [0.4, 0.5) is 0 Å². The average Bonchev–Trinajstić information content (AvgIpc) is 2.33. The number of allylic oxidation sites excluding steroid dienone is 2. The van der Waals surface area contributed by atoms with Crippen molar-refractivity contribution < 1.29 is 4.79 Å². The van der Waals surface area contributed by atoms with E-state index in [9.17, 15) is 4.79 Å². The maximum absolute atomic E-state index is 11.4. The predicted octanol–water partition coefficient (Wildman–Crippen LogP) is 3.66. The van der Waals surface area contributed by atoms with Crippen molar-refractivity contribution in [2.75, 3.05) is 0 Å². The van der Waals surface area contributed by atoms with Gasteiger partial charge in [0.15, 0.2) is 5.78 Å². The highest BCUT2D eigenvalue weighted by Crippen LogP contribution is 2.24. The summed E-state index contributed by atoms with van der Waals surface area (Å²) in [4.78, 5) is 11.4. The summed E-state index contributed by atoms with van der Waals surface area (Å²) in [5.41, 5.74) is 1.78. The number of halogens is 1. The first kappa shape index (κ1) is 9.68. The molecule has 0 atom stereocenters. The zero-order chi connectivity index (χ0) is 9.14. The summed E-state index contributed by atoms with van der Waals surface area (Å²) < 4.78 is 0.907. The molecule has 1 heterocycles. The standard InChI is InChI=1S/C9H9BrOS/c1-6(2)5-8(11)7-3-4-12-9(7)10/h3-5H,1-2H3. The van der Waals surface area contributed by atoms with Gasteiger partial charge in [0.25, 0.3) is 0 Å². The highest BCUT2D eigenvalue weighted by atomic mass is 79.9. The van der Waals surface area contributed by atoms with Crippen molar-refractivity contribution in [2.45, 2.75) is 13.8 Å². The Morgan fingerprint density at radius 3 is 2.67 bits per heavy atom. The van der Waals surface area contributed by atoms with Crippen LogP contribution < -0.4 is 0 Å². The minimum atomic E-state index is 0.0723. The predicted molar refractivity (Wildman–Crippen MR) is 55.8 cm³/mol. The zero-order valence-electron chi connectivity index (χ0n) is 6.93. The Balaban J connectivity index is 2.93. The molecule has 1 rings (SSSR count). The van der Waals surface area contributed by atoms with E-state index in [1.807, 2.05) is 25.3 Å². The molecule has 0 bridgehead atoms. The molecule has 0 unspecified atom stereocenters. The largest absolute Gasteiger partial charge is 0.289 e. The third-order valence-electron chi connectivity index (χ3n) is 1.30. The number of thiophene rings is 1. The maximum Gasteiger partial charge on any atom is 0.187 e. The summed E-state index contributed by atoms with van der Waals surface area (Å²) in [6.07, 6.45) is 1.65. The lowest BCUT2D eigenvalue weighted by atomic mass is 10.2. The molecule has 0 aliphatic rings. The van der Waals surface area contributed by atoms with Crippen LogP contribution >= 0.6 is 27.3 Å². The van der Waals surface area contributed by atoms with E-state index in [0.29, 0.717) is 0 Å². The summed E-state index contributed by atoms with van der Waals surface area (Å²) in [5.74, 6) is 0.0723. The summed E-state index contributed by atoms with van der Waals surface area (Å²) in [6, 6.07) is 1.83. The third-order valence-corrected chi connectivity index (χ3v) is 2.99. The summed E-state index contributed by atoms with van der Waals surface area (Å²) >= 11 is 4.85. The maximum atomic E-state index is 11.4. The lowest BCUT2D eigenvalue weighted by Gasteiger charge is -1.92. The van der Waals surface area contributed by atoms with E-state index < -0.39 is 0 Å². The summed E-state index contributed by atoms with van der Waals surface area (Å²) in [5, 5.41) is 1.90. The molecule has 1 aromatic heterocycles. The van der Waals surface area contributed by atoms with Gasteiger partial charge in [-0.3, -0.25) is 4.79 Å². The van der Waals surface area contributed by atoms with Crippen LogP contribution in [-0.4, -0.2) is 5.78 Å². The minimum Gasteiger partial charge on any atom is -0.289 e. The molecule has 64 valence electrons. The quantitative estimate of drug-likeness (QED) is 0.574. The Bertz CT molecular complexity index is 321. The lowest BCUT2D eigenvalue weighted by Crippen LogP contribution is -1.92. The van der Waals surface area contributed by atoms with Crippen molar-refractivity contribution in [2.24, 2.45) is 0 Å². The molecule has 1 nitrogen and oxygen atoms in total. The molecule has 0 radical (unpaired) electrons. The van der Waals surface area contributed by atoms with Gasteiger partial charge in [0.1, 0.15) is 0 Å². The second-order valence-electron chi connectivity index (χ2n) is 2.69. The lowest BCUT2D eigenvalue weighted by molar-refractivity contribution is 0.104. The Morgan fingerprint density at radius 1 is 1.58 bits per heavy atom. The van der Waals surface area contributed by atoms with Crippen molar-refractivity contribution in [3.63, 3.8) is 0 Å². The fourth-order valence-electron chi connectivity index (χ4n) is 0.810. The van der Waals surface area contributed by atoms with E-state index in [1.54, 1.807) is 6.08 Å². The Hall–Kier alpha value is -0.410. The number of carbonyl (C=O) groups excluding carboxylic acids is 1.